The lowest BCUT2D eigenvalue weighted by Gasteiger charge is -2.09. The Balaban J connectivity index is 2.76. The molecule has 0 saturated carbocycles. The van der Waals surface area contributed by atoms with Crippen molar-refractivity contribution in [1.29, 1.82) is 5.26 Å². The Hall–Kier alpha value is -1.23. The molecule has 0 N–H and O–H groups in total. The second kappa shape index (κ2) is 6.29. The molecule has 1 rings (SSSR count). The van der Waals surface area contributed by atoms with E-state index in [1.54, 1.807) is 0 Å². The molecule has 0 aliphatic heterocycles. The molecule has 1 aromatic rings. The maximum Gasteiger partial charge on any atom is 0.120 e. The van der Waals surface area contributed by atoms with Crippen LogP contribution in [0.2, 0.25) is 0 Å². The summed E-state index contributed by atoms with van der Waals surface area (Å²) in [5.41, 5.74) is 2.14. The molecule has 0 fully saturated rings. The van der Waals surface area contributed by atoms with E-state index in [1.165, 1.54) is 25.0 Å². The van der Waals surface area contributed by atoms with E-state index >= 15 is 0 Å². The number of aryl methyl sites for hydroxylation is 1. The molecule has 2 heteroatoms. The number of hydrogen-bond acceptors (Lipinski definition) is 1. The average molecular weight is 204 g/mol. The van der Waals surface area contributed by atoms with Gasteiger partial charge >= 0.3 is 0 Å². The number of rotatable bonds is 6. The van der Waals surface area contributed by atoms with Gasteiger partial charge in [0.25, 0.3) is 0 Å². The molecule has 0 saturated heterocycles. The number of unbranched alkanes of at least 4 members (excludes halogenated alkanes) is 2. The van der Waals surface area contributed by atoms with E-state index in [9.17, 15) is 0 Å². The van der Waals surface area contributed by atoms with Gasteiger partial charge in [0.2, 0.25) is 0 Å². The summed E-state index contributed by atoms with van der Waals surface area (Å²) in [6, 6.07) is 6.31. The lowest BCUT2D eigenvalue weighted by atomic mass is 10.2. The van der Waals surface area contributed by atoms with Crippen molar-refractivity contribution in [2.75, 3.05) is 0 Å². The van der Waals surface area contributed by atoms with Gasteiger partial charge in [-0.3, -0.25) is 0 Å². The maximum atomic E-state index is 8.99. The normalized spacial score (nSPS) is 10.2. The van der Waals surface area contributed by atoms with E-state index in [2.05, 4.69) is 30.6 Å². The Labute approximate surface area is 92.5 Å². The van der Waals surface area contributed by atoms with Crippen LogP contribution in [-0.4, -0.2) is 4.57 Å². The van der Waals surface area contributed by atoms with Crippen LogP contribution < -0.4 is 0 Å². The first-order chi connectivity index (χ1) is 7.33. The average Bonchev–Trinajstić information content (AvgIpc) is 2.65. The quantitative estimate of drug-likeness (QED) is 0.697. The Morgan fingerprint density at radius 1 is 1.20 bits per heavy atom. The van der Waals surface area contributed by atoms with Crippen LogP contribution in [0.25, 0.3) is 0 Å². The van der Waals surface area contributed by atoms with Crippen LogP contribution in [0.15, 0.2) is 12.1 Å². The van der Waals surface area contributed by atoms with Crippen LogP contribution in [0, 0.1) is 11.3 Å². The summed E-state index contributed by atoms with van der Waals surface area (Å²) in [4.78, 5) is 0. The molecule has 1 heterocycles. The highest BCUT2D eigenvalue weighted by molar-refractivity contribution is 5.27. The molecular weight excluding hydrogens is 184 g/mol. The van der Waals surface area contributed by atoms with Gasteiger partial charge in [-0.25, -0.2) is 0 Å². The van der Waals surface area contributed by atoms with Gasteiger partial charge in [0, 0.05) is 12.2 Å². The summed E-state index contributed by atoms with van der Waals surface area (Å²) in [6.45, 7) is 5.37. The second-order valence-corrected chi connectivity index (χ2v) is 3.93. The molecule has 2 nitrogen and oxygen atoms in total. The lowest BCUT2D eigenvalue weighted by molar-refractivity contribution is 0.596. The van der Waals surface area contributed by atoms with Crippen molar-refractivity contribution in [3.63, 3.8) is 0 Å². The van der Waals surface area contributed by atoms with Gasteiger partial charge in [-0.15, -0.1) is 0 Å². The SMILES string of the molecule is CCCCc1ccc(C#N)n1CCCC. The van der Waals surface area contributed by atoms with E-state index in [1.807, 2.05) is 6.07 Å². The van der Waals surface area contributed by atoms with Crippen molar-refractivity contribution in [2.45, 2.75) is 52.5 Å². The van der Waals surface area contributed by atoms with E-state index in [0.717, 1.165) is 25.1 Å². The number of aromatic nitrogens is 1. The van der Waals surface area contributed by atoms with Crippen molar-refractivity contribution in [2.24, 2.45) is 0 Å². The summed E-state index contributed by atoms with van der Waals surface area (Å²) in [7, 11) is 0. The highest BCUT2D eigenvalue weighted by Gasteiger charge is 2.06. The highest BCUT2D eigenvalue weighted by Crippen LogP contribution is 2.13. The van der Waals surface area contributed by atoms with Gasteiger partial charge < -0.3 is 4.57 Å². The number of nitriles is 1. The first-order valence-corrected chi connectivity index (χ1v) is 5.92. The Bertz CT molecular complexity index is 331. The van der Waals surface area contributed by atoms with E-state index in [-0.39, 0.29) is 0 Å². The van der Waals surface area contributed by atoms with Crippen LogP contribution in [-0.2, 0) is 13.0 Å². The van der Waals surface area contributed by atoms with Crippen LogP contribution in [0.4, 0.5) is 0 Å². The van der Waals surface area contributed by atoms with E-state index in [0.29, 0.717) is 0 Å². The predicted molar refractivity (Wildman–Crippen MR) is 62.7 cm³/mol. The molecule has 0 bridgehead atoms. The van der Waals surface area contributed by atoms with E-state index < -0.39 is 0 Å². The van der Waals surface area contributed by atoms with Crippen molar-refractivity contribution in [3.05, 3.63) is 23.5 Å². The molecule has 82 valence electrons. The molecule has 0 aliphatic carbocycles. The minimum absolute atomic E-state index is 0.814. The minimum atomic E-state index is 0.814. The Kier molecular flexibility index (Phi) is 4.97. The minimum Gasteiger partial charge on any atom is -0.337 e. The molecule has 0 radical (unpaired) electrons. The monoisotopic (exact) mass is 204 g/mol. The smallest absolute Gasteiger partial charge is 0.120 e. The first-order valence-electron chi connectivity index (χ1n) is 5.92. The van der Waals surface area contributed by atoms with Crippen LogP contribution in [0.5, 0.6) is 0 Å². The molecule has 0 atom stereocenters. The molecule has 0 amide bonds. The largest absolute Gasteiger partial charge is 0.337 e. The zero-order valence-corrected chi connectivity index (χ0v) is 9.79. The van der Waals surface area contributed by atoms with Crippen LogP contribution in [0.1, 0.15) is 50.9 Å². The molecule has 0 spiro atoms. The maximum absolute atomic E-state index is 8.99. The highest BCUT2D eigenvalue weighted by atomic mass is 15.0. The summed E-state index contributed by atoms with van der Waals surface area (Å²) in [6.07, 6.45) is 5.85. The standard InChI is InChI=1S/C13H20N2/c1-3-5-7-12-8-9-13(11-14)15(12)10-6-4-2/h8-9H,3-7,10H2,1-2H3. The fourth-order valence-electron chi connectivity index (χ4n) is 1.76. The summed E-state index contributed by atoms with van der Waals surface area (Å²) < 4.78 is 2.18. The third kappa shape index (κ3) is 3.13. The zero-order chi connectivity index (χ0) is 11.1. The van der Waals surface area contributed by atoms with Gasteiger partial charge in [-0.05, 0) is 31.4 Å². The lowest BCUT2D eigenvalue weighted by Crippen LogP contribution is -2.05. The molecular formula is C13H20N2. The van der Waals surface area contributed by atoms with Crippen molar-refractivity contribution >= 4 is 0 Å². The summed E-state index contributed by atoms with van der Waals surface area (Å²) in [5, 5.41) is 8.99. The van der Waals surface area contributed by atoms with Crippen molar-refractivity contribution in [1.82, 2.24) is 4.57 Å². The number of nitrogens with zero attached hydrogens (tertiary/aromatic N) is 2. The van der Waals surface area contributed by atoms with Gasteiger partial charge in [-0.1, -0.05) is 26.7 Å². The molecule has 0 aliphatic rings. The van der Waals surface area contributed by atoms with E-state index in [4.69, 9.17) is 5.26 Å². The topological polar surface area (TPSA) is 28.7 Å². The van der Waals surface area contributed by atoms with Gasteiger partial charge in [0.05, 0.1) is 0 Å². The fourth-order valence-corrected chi connectivity index (χ4v) is 1.76. The predicted octanol–water partition coefficient (Wildman–Crippen LogP) is 3.50. The van der Waals surface area contributed by atoms with Gasteiger partial charge in [0.15, 0.2) is 0 Å². The second-order valence-electron chi connectivity index (χ2n) is 3.93. The molecule has 0 aromatic carbocycles. The Morgan fingerprint density at radius 3 is 2.53 bits per heavy atom. The molecule has 15 heavy (non-hydrogen) atoms. The molecule has 0 unspecified atom stereocenters. The van der Waals surface area contributed by atoms with Gasteiger partial charge in [0.1, 0.15) is 11.8 Å². The van der Waals surface area contributed by atoms with Gasteiger partial charge in [-0.2, -0.15) is 5.26 Å². The summed E-state index contributed by atoms with van der Waals surface area (Å²) >= 11 is 0. The third-order valence-electron chi connectivity index (χ3n) is 2.71. The first kappa shape index (κ1) is 11.8. The third-order valence-corrected chi connectivity index (χ3v) is 2.71. The van der Waals surface area contributed by atoms with Crippen molar-refractivity contribution in [3.8, 4) is 6.07 Å². The fraction of sp³-hybridized carbons (Fsp3) is 0.615. The molecule has 1 aromatic heterocycles. The number of hydrogen-bond donors (Lipinski definition) is 0. The zero-order valence-electron chi connectivity index (χ0n) is 9.79. The van der Waals surface area contributed by atoms with Crippen molar-refractivity contribution < 1.29 is 0 Å². The van der Waals surface area contributed by atoms with Crippen LogP contribution in [0.3, 0.4) is 0 Å². The Morgan fingerprint density at radius 2 is 1.93 bits per heavy atom. The summed E-state index contributed by atoms with van der Waals surface area (Å²) in [5.74, 6) is 0. The van der Waals surface area contributed by atoms with Crippen LogP contribution >= 0.6 is 0 Å².